The Balaban J connectivity index is 2.48. The van der Waals surface area contributed by atoms with Gasteiger partial charge in [-0.1, -0.05) is 11.6 Å². The van der Waals surface area contributed by atoms with E-state index in [0.29, 0.717) is 11.6 Å². The standard InChI is InChI=1S/C11H10BrClN2OS/c1-16-6-2-3-7(8(13)4-6)10-11(12)15-9(5-14)17-10/h2-4H,5,14H2,1H3. The van der Waals surface area contributed by atoms with Crippen molar-refractivity contribution in [1.82, 2.24) is 4.98 Å². The maximum absolute atomic E-state index is 6.21. The van der Waals surface area contributed by atoms with Crippen molar-refractivity contribution in [2.24, 2.45) is 5.73 Å². The molecule has 0 amide bonds. The summed E-state index contributed by atoms with van der Waals surface area (Å²) in [5.41, 5.74) is 6.50. The highest BCUT2D eigenvalue weighted by molar-refractivity contribution is 9.10. The van der Waals surface area contributed by atoms with Gasteiger partial charge in [-0.15, -0.1) is 11.3 Å². The van der Waals surface area contributed by atoms with Gasteiger partial charge in [-0.3, -0.25) is 0 Å². The molecule has 0 unspecified atom stereocenters. The molecular weight excluding hydrogens is 324 g/mol. The van der Waals surface area contributed by atoms with Crippen molar-refractivity contribution in [3.63, 3.8) is 0 Å². The Kier molecular flexibility index (Phi) is 4.04. The minimum atomic E-state index is 0.428. The van der Waals surface area contributed by atoms with E-state index in [4.69, 9.17) is 22.1 Å². The van der Waals surface area contributed by atoms with Crippen LogP contribution in [0.4, 0.5) is 0 Å². The Morgan fingerprint density at radius 3 is 2.82 bits per heavy atom. The first kappa shape index (κ1) is 12.8. The van der Waals surface area contributed by atoms with Gasteiger partial charge in [0.2, 0.25) is 0 Å². The summed E-state index contributed by atoms with van der Waals surface area (Å²) in [5, 5.41) is 1.51. The molecule has 0 aliphatic carbocycles. The third kappa shape index (κ3) is 2.63. The summed E-state index contributed by atoms with van der Waals surface area (Å²) in [4.78, 5) is 5.29. The molecule has 90 valence electrons. The zero-order chi connectivity index (χ0) is 12.4. The smallest absolute Gasteiger partial charge is 0.125 e. The van der Waals surface area contributed by atoms with Crippen molar-refractivity contribution >= 4 is 38.9 Å². The molecule has 1 aromatic heterocycles. The molecule has 17 heavy (non-hydrogen) atoms. The first-order valence-corrected chi connectivity index (χ1v) is 6.83. The Morgan fingerprint density at radius 1 is 1.53 bits per heavy atom. The summed E-state index contributed by atoms with van der Waals surface area (Å²) in [6, 6.07) is 5.57. The van der Waals surface area contributed by atoms with Gasteiger partial charge in [-0.25, -0.2) is 4.98 Å². The second kappa shape index (κ2) is 5.35. The number of aromatic nitrogens is 1. The van der Waals surface area contributed by atoms with Crippen molar-refractivity contribution in [2.45, 2.75) is 6.54 Å². The van der Waals surface area contributed by atoms with Crippen LogP contribution in [0.2, 0.25) is 5.02 Å². The highest BCUT2D eigenvalue weighted by Crippen LogP contribution is 2.39. The molecule has 0 bridgehead atoms. The van der Waals surface area contributed by atoms with Gasteiger partial charge in [0.25, 0.3) is 0 Å². The lowest BCUT2D eigenvalue weighted by molar-refractivity contribution is 0.415. The molecule has 0 radical (unpaired) electrons. The molecule has 2 N–H and O–H groups in total. The normalized spacial score (nSPS) is 10.6. The van der Waals surface area contributed by atoms with Gasteiger partial charge in [-0.05, 0) is 34.1 Å². The molecule has 0 spiro atoms. The Hall–Kier alpha value is -0.620. The quantitative estimate of drug-likeness (QED) is 0.932. The van der Waals surface area contributed by atoms with Crippen molar-refractivity contribution in [2.75, 3.05) is 7.11 Å². The van der Waals surface area contributed by atoms with Gasteiger partial charge in [0.15, 0.2) is 0 Å². The SMILES string of the molecule is COc1ccc(-c2sc(CN)nc2Br)c(Cl)c1. The number of benzene rings is 1. The van der Waals surface area contributed by atoms with Crippen molar-refractivity contribution in [3.8, 4) is 16.2 Å². The van der Waals surface area contributed by atoms with Crippen LogP contribution in [0.3, 0.4) is 0 Å². The molecule has 0 fully saturated rings. The fourth-order valence-electron chi connectivity index (χ4n) is 1.40. The number of nitrogens with two attached hydrogens (primary N) is 1. The number of halogens is 2. The number of methoxy groups -OCH3 is 1. The van der Waals surface area contributed by atoms with Crippen LogP contribution in [-0.4, -0.2) is 12.1 Å². The van der Waals surface area contributed by atoms with E-state index in [1.54, 1.807) is 13.2 Å². The van der Waals surface area contributed by atoms with Gasteiger partial charge >= 0.3 is 0 Å². The lowest BCUT2D eigenvalue weighted by Crippen LogP contribution is -1.93. The lowest BCUT2D eigenvalue weighted by atomic mass is 10.2. The Morgan fingerprint density at radius 2 is 2.29 bits per heavy atom. The fraction of sp³-hybridized carbons (Fsp3) is 0.182. The number of nitrogens with zero attached hydrogens (tertiary/aromatic N) is 1. The first-order chi connectivity index (χ1) is 8.15. The zero-order valence-electron chi connectivity index (χ0n) is 9.04. The molecule has 0 saturated carbocycles. The molecule has 0 saturated heterocycles. The maximum Gasteiger partial charge on any atom is 0.125 e. The Labute approximate surface area is 117 Å². The molecule has 0 atom stereocenters. The van der Waals surface area contributed by atoms with Crippen LogP contribution in [0.15, 0.2) is 22.8 Å². The van der Waals surface area contributed by atoms with E-state index < -0.39 is 0 Å². The summed E-state index contributed by atoms with van der Waals surface area (Å²) in [6.45, 7) is 0.428. The third-order valence-electron chi connectivity index (χ3n) is 2.23. The van der Waals surface area contributed by atoms with Crippen molar-refractivity contribution in [1.29, 1.82) is 0 Å². The Bertz CT molecular complexity index is 544. The van der Waals surface area contributed by atoms with Gasteiger partial charge < -0.3 is 10.5 Å². The number of hydrogen-bond acceptors (Lipinski definition) is 4. The van der Waals surface area contributed by atoms with Crippen LogP contribution in [-0.2, 0) is 6.54 Å². The number of hydrogen-bond donors (Lipinski definition) is 1. The van der Waals surface area contributed by atoms with E-state index in [1.165, 1.54) is 11.3 Å². The largest absolute Gasteiger partial charge is 0.497 e. The molecule has 3 nitrogen and oxygen atoms in total. The topological polar surface area (TPSA) is 48.1 Å². The molecule has 0 aliphatic heterocycles. The first-order valence-electron chi connectivity index (χ1n) is 4.85. The average molecular weight is 334 g/mol. The third-order valence-corrected chi connectivity index (χ3v) is 4.49. The molecule has 1 aromatic carbocycles. The van der Waals surface area contributed by atoms with E-state index in [1.807, 2.05) is 12.1 Å². The predicted octanol–water partition coefficient (Wildman–Crippen LogP) is 3.69. The number of thiazole rings is 1. The maximum atomic E-state index is 6.21. The van der Waals surface area contributed by atoms with Gasteiger partial charge in [0, 0.05) is 12.1 Å². The van der Waals surface area contributed by atoms with Gasteiger partial charge in [0.05, 0.1) is 17.0 Å². The van der Waals surface area contributed by atoms with Crippen LogP contribution < -0.4 is 10.5 Å². The summed E-state index contributed by atoms with van der Waals surface area (Å²) < 4.78 is 5.89. The zero-order valence-corrected chi connectivity index (χ0v) is 12.2. The molecular formula is C11H10BrClN2OS. The molecule has 1 heterocycles. The van der Waals surface area contributed by atoms with E-state index >= 15 is 0 Å². The van der Waals surface area contributed by atoms with Crippen LogP contribution >= 0.6 is 38.9 Å². The summed E-state index contributed by atoms with van der Waals surface area (Å²) in [6.07, 6.45) is 0. The van der Waals surface area contributed by atoms with Gasteiger partial charge in [-0.2, -0.15) is 0 Å². The minimum absolute atomic E-state index is 0.428. The molecule has 0 aliphatic rings. The van der Waals surface area contributed by atoms with Crippen LogP contribution in [0.25, 0.3) is 10.4 Å². The monoisotopic (exact) mass is 332 g/mol. The van der Waals surface area contributed by atoms with E-state index in [0.717, 1.165) is 25.8 Å². The van der Waals surface area contributed by atoms with E-state index in [9.17, 15) is 0 Å². The predicted molar refractivity (Wildman–Crippen MR) is 74.7 cm³/mol. The minimum Gasteiger partial charge on any atom is -0.497 e. The highest BCUT2D eigenvalue weighted by atomic mass is 79.9. The lowest BCUT2D eigenvalue weighted by Gasteiger charge is -2.04. The molecule has 2 aromatic rings. The van der Waals surface area contributed by atoms with Crippen LogP contribution in [0, 0.1) is 0 Å². The van der Waals surface area contributed by atoms with E-state index in [2.05, 4.69) is 20.9 Å². The number of rotatable bonds is 3. The second-order valence-corrected chi connectivity index (χ2v) is 5.52. The second-order valence-electron chi connectivity index (χ2n) is 3.28. The molecule has 6 heteroatoms. The number of ether oxygens (including phenoxy) is 1. The summed E-state index contributed by atoms with van der Waals surface area (Å²) in [5.74, 6) is 0.735. The van der Waals surface area contributed by atoms with Crippen molar-refractivity contribution < 1.29 is 4.74 Å². The van der Waals surface area contributed by atoms with E-state index in [-0.39, 0.29) is 0 Å². The fourth-order valence-corrected chi connectivity index (χ4v) is 3.39. The summed E-state index contributed by atoms with van der Waals surface area (Å²) >= 11 is 11.2. The average Bonchev–Trinajstić information content (AvgIpc) is 2.70. The molecule has 2 rings (SSSR count). The summed E-state index contributed by atoms with van der Waals surface area (Å²) in [7, 11) is 1.61. The van der Waals surface area contributed by atoms with Crippen LogP contribution in [0.5, 0.6) is 5.75 Å². The van der Waals surface area contributed by atoms with Gasteiger partial charge in [0.1, 0.15) is 15.4 Å². The highest BCUT2D eigenvalue weighted by Gasteiger charge is 2.13. The van der Waals surface area contributed by atoms with Crippen LogP contribution in [0.1, 0.15) is 5.01 Å². The van der Waals surface area contributed by atoms with Crippen molar-refractivity contribution in [3.05, 3.63) is 32.8 Å².